The standard InChI is InChI=1S/C19H22F2N2O5/c1-4-27-17(24)15-10(2)23(12-6-7-12)19(25)22-16(15)11-5-8-13(28-18(20)21)14(9-11)26-3/h5,8-9,12,16,18H,4,6-7H2,1-3H3,(H,22,25). The quantitative estimate of drug-likeness (QED) is 0.715. The number of alkyl halides is 2. The van der Waals surface area contributed by atoms with Gasteiger partial charge in [-0.2, -0.15) is 8.78 Å². The summed E-state index contributed by atoms with van der Waals surface area (Å²) >= 11 is 0. The van der Waals surface area contributed by atoms with Gasteiger partial charge in [0, 0.05) is 11.7 Å². The number of ether oxygens (including phenoxy) is 3. The van der Waals surface area contributed by atoms with E-state index in [2.05, 4.69) is 10.1 Å². The summed E-state index contributed by atoms with van der Waals surface area (Å²) in [6.07, 6.45) is 1.75. The average molecular weight is 396 g/mol. The molecule has 1 aromatic rings. The van der Waals surface area contributed by atoms with Gasteiger partial charge in [-0.15, -0.1) is 0 Å². The molecule has 0 saturated heterocycles. The number of carbonyl (C=O) groups is 2. The summed E-state index contributed by atoms with van der Waals surface area (Å²) < 4.78 is 39.9. The third-order valence-electron chi connectivity index (χ3n) is 4.67. The second-order valence-electron chi connectivity index (χ2n) is 6.49. The number of allylic oxidation sites excluding steroid dienone is 1. The van der Waals surface area contributed by atoms with Gasteiger partial charge >= 0.3 is 18.6 Å². The first-order valence-electron chi connectivity index (χ1n) is 8.97. The highest BCUT2D eigenvalue weighted by Gasteiger charge is 2.42. The van der Waals surface area contributed by atoms with Gasteiger partial charge < -0.3 is 19.5 Å². The lowest BCUT2D eigenvalue weighted by atomic mass is 9.94. The van der Waals surface area contributed by atoms with Crippen LogP contribution in [0.3, 0.4) is 0 Å². The minimum Gasteiger partial charge on any atom is -0.493 e. The van der Waals surface area contributed by atoms with Crippen LogP contribution in [0.1, 0.15) is 38.3 Å². The van der Waals surface area contributed by atoms with E-state index >= 15 is 0 Å². The summed E-state index contributed by atoms with van der Waals surface area (Å²) in [6, 6.07) is 3.24. The molecule has 1 unspecified atom stereocenters. The molecule has 1 aliphatic heterocycles. The minimum atomic E-state index is -3.00. The Bertz CT molecular complexity index is 808. The van der Waals surface area contributed by atoms with E-state index in [1.165, 1.54) is 25.3 Å². The fourth-order valence-electron chi connectivity index (χ4n) is 3.31. The molecule has 1 aliphatic carbocycles. The van der Waals surface area contributed by atoms with E-state index in [1.54, 1.807) is 18.7 Å². The number of esters is 1. The second-order valence-corrected chi connectivity index (χ2v) is 6.49. The summed E-state index contributed by atoms with van der Waals surface area (Å²) in [7, 11) is 1.32. The maximum Gasteiger partial charge on any atom is 0.387 e. The van der Waals surface area contributed by atoms with Gasteiger partial charge in [-0.25, -0.2) is 9.59 Å². The third-order valence-corrected chi connectivity index (χ3v) is 4.67. The highest BCUT2D eigenvalue weighted by atomic mass is 19.3. The fourth-order valence-corrected chi connectivity index (χ4v) is 3.31. The van der Waals surface area contributed by atoms with Gasteiger partial charge in [-0.3, -0.25) is 4.90 Å². The number of methoxy groups -OCH3 is 1. The molecular weight excluding hydrogens is 374 g/mol. The van der Waals surface area contributed by atoms with Gasteiger partial charge in [-0.05, 0) is 44.4 Å². The van der Waals surface area contributed by atoms with Crippen molar-refractivity contribution in [3.05, 3.63) is 35.0 Å². The Morgan fingerprint density at radius 2 is 2.04 bits per heavy atom. The van der Waals surface area contributed by atoms with E-state index in [0.29, 0.717) is 16.8 Å². The molecule has 1 fully saturated rings. The highest BCUT2D eigenvalue weighted by molar-refractivity contribution is 5.95. The van der Waals surface area contributed by atoms with Crippen LogP contribution >= 0.6 is 0 Å². The van der Waals surface area contributed by atoms with Crippen molar-refractivity contribution in [2.24, 2.45) is 0 Å². The largest absolute Gasteiger partial charge is 0.493 e. The number of nitrogens with one attached hydrogen (secondary N) is 1. The van der Waals surface area contributed by atoms with Crippen LogP contribution in [0.25, 0.3) is 0 Å². The van der Waals surface area contributed by atoms with E-state index < -0.39 is 18.6 Å². The lowest BCUT2D eigenvalue weighted by Crippen LogP contribution is -2.48. The number of nitrogens with zero attached hydrogens (tertiary/aromatic N) is 1. The number of halogens is 2. The molecule has 0 bridgehead atoms. The molecule has 0 radical (unpaired) electrons. The molecule has 0 aromatic heterocycles. The van der Waals surface area contributed by atoms with Gasteiger partial charge in [0.1, 0.15) is 0 Å². The van der Waals surface area contributed by atoms with Crippen molar-refractivity contribution in [3.63, 3.8) is 0 Å². The van der Waals surface area contributed by atoms with Gasteiger partial charge in [0.05, 0.1) is 25.3 Å². The first kappa shape index (κ1) is 19.9. The molecule has 7 nitrogen and oxygen atoms in total. The average Bonchev–Trinajstić information content (AvgIpc) is 3.46. The zero-order chi connectivity index (χ0) is 20.4. The molecule has 3 rings (SSSR count). The van der Waals surface area contributed by atoms with E-state index in [4.69, 9.17) is 9.47 Å². The first-order chi connectivity index (χ1) is 13.4. The lowest BCUT2D eigenvalue weighted by Gasteiger charge is -2.35. The number of benzene rings is 1. The van der Waals surface area contributed by atoms with Crippen LogP contribution in [-0.4, -0.2) is 43.3 Å². The van der Waals surface area contributed by atoms with Gasteiger partial charge in [0.25, 0.3) is 0 Å². The summed E-state index contributed by atoms with van der Waals surface area (Å²) in [6.45, 7) is 0.590. The zero-order valence-electron chi connectivity index (χ0n) is 15.8. The second kappa shape index (κ2) is 8.04. The number of hydrogen-bond donors (Lipinski definition) is 1. The summed E-state index contributed by atoms with van der Waals surface area (Å²) in [4.78, 5) is 26.9. The van der Waals surface area contributed by atoms with Crippen molar-refractivity contribution in [1.29, 1.82) is 0 Å². The van der Waals surface area contributed by atoms with Crippen LogP contribution < -0.4 is 14.8 Å². The Kier molecular flexibility index (Phi) is 5.71. The predicted octanol–water partition coefficient (Wildman–Crippen LogP) is 3.36. The summed E-state index contributed by atoms with van der Waals surface area (Å²) in [5.74, 6) is -0.610. The predicted molar refractivity (Wildman–Crippen MR) is 95.1 cm³/mol. The van der Waals surface area contributed by atoms with E-state index in [0.717, 1.165) is 12.8 Å². The molecule has 0 spiro atoms. The highest BCUT2D eigenvalue weighted by Crippen LogP contribution is 2.40. The maximum atomic E-state index is 12.6. The Hall–Kier alpha value is -2.84. The molecule has 1 atom stereocenters. The van der Waals surface area contributed by atoms with Crippen LogP contribution in [0.15, 0.2) is 29.5 Å². The van der Waals surface area contributed by atoms with Crippen molar-refractivity contribution in [3.8, 4) is 11.5 Å². The van der Waals surface area contributed by atoms with Crippen molar-refractivity contribution in [2.45, 2.75) is 45.4 Å². The van der Waals surface area contributed by atoms with Crippen molar-refractivity contribution in [2.75, 3.05) is 13.7 Å². The van der Waals surface area contributed by atoms with Crippen LogP contribution in [-0.2, 0) is 9.53 Å². The zero-order valence-corrected chi connectivity index (χ0v) is 15.8. The SMILES string of the molecule is CCOC(=O)C1=C(C)N(C2CC2)C(=O)NC1c1ccc(OC(F)F)c(OC)c1. The molecule has 2 aliphatic rings. The van der Waals surface area contributed by atoms with Crippen LogP contribution in [0.5, 0.6) is 11.5 Å². The number of carbonyl (C=O) groups excluding carboxylic acids is 2. The summed E-state index contributed by atoms with van der Waals surface area (Å²) in [5.41, 5.74) is 1.32. The molecule has 28 heavy (non-hydrogen) atoms. The normalized spacial score (nSPS) is 19.6. The molecule has 2 amide bonds. The number of amides is 2. The monoisotopic (exact) mass is 396 g/mol. The number of urea groups is 1. The maximum absolute atomic E-state index is 12.6. The van der Waals surface area contributed by atoms with E-state index in [-0.39, 0.29) is 30.2 Å². The Morgan fingerprint density at radius 1 is 1.32 bits per heavy atom. The molecule has 152 valence electrons. The van der Waals surface area contributed by atoms with Crippen LogP contribution in [0.4, 0.5) is 13.6 Å². The number of rotatable bonds is 7. The van der Waals surface area contributed by atoms with Gasteiger partial charge in [0.2, 0.25) is 0 Å². The van der Waals surface area contributed by atoms with E-state index in [1.807, 2.05) is 0 Å². The van der Waals surface area contributed by atoms with E-state index in [9.17, 15) is 18.4 Å². The first-order valence-corrected chi connectivity index (χ1v) is 8.97. The number of hydrogen-bond acceptors (Lipinski definition) is 5. The smallest absolute Gasteiger partial charge is 0.387 e. The van der Waals surface area contributed by atoms with Crippen molar-refractivity contribution in [1.82, 2.24) is 10.2 Å². The third kappa shape index (κ3) is 3.88. The Morgan fingerprint density at radius 3 is 2.61 bits per heavy atom. The van der Waals surface area contributed by atoms with Crippen molar-refractivity contribution >= 4 is 12.0 Å². The fraction of sp³-hybridized carbons (Fsp3) is 0.474. The van der Waals surface area contributed by atoms with Crippen molar-refractivity contribution < 1.29 is 32.6 Å². The Labute approximate surface area is 161 Å². The summed E-state index contributed by atoms with van der Waals surface area (Å²) in [5, 5.41) is 2.82. The molecule has 1 aromatic carbocycles. The topological polar surface area (TPSA) is 77.1 Å². The Balaban J connectivity index is 2.03. The lowest BCUT2D eigenvalue weighted by molar-refractivity contribution is -0.139. The molecule has 1 saturated carbocycles. The van der Waals surface area contributed by atoms with Gasteiger partial charge in [0.15, 0.2) is 11.5 Å². The minimum absolute atomic E-state index is 0.0672. The molecule has 1 N–H and O–H groups in total. The van der Waals surface area contributed by atoms with Gasteiger partial charge in [-0.1, -0.05) is 6.07 Å². The molecule has 9 heteroatoms. The molecule has 1 heterocycles. The molecular formula is C19H22F2N2O5. The van der Waals surface area contributed by atoms with Crippen LogP contribution in [0, 0.1) is 0 Å². The van der Waals surface area contributed by atoms with Crippen LogP contribution in [0.2, 0.25) is 0 Å².